The Balaban J connectivity index is 1.79. The Morgan fingerprint density at radius 3 is 2.89 bits per heavy atom. The van der Waals surface area contributed by atoms with Crippen molar-refractivity contribution in [2.24, 2.45) is 15.7 Å². The van der Waals surface area contributed by atoms with Crippen molar-refractivity contribution in [1.29, 1.82) is 0 Å². The zero-order chi connectivity index (χ0) is 12.3. The van der Waals surface area contributed by atoms with Crippen LogP contribution in [-0.2, 0) is 11.8 Å². The van der Waals surface area contributed by atoms with Gasteiger partial charge in [-0.05, 0) is 43.4 Å². The summed E-state index contributed by atoms with van der Waals surface area (Å²) in [5.74, 6) is 0. The monoisotopic (exact) mass is 239 g/mol. The minimum atomic E-state index is 0.0744. The van der Waals surface area contributed by atoms with E-state index in [2.05, 4.69) is 28.2 Å². The standard InChI is InChI=1S/C15H17N3/c1-9-17-8-13(18-9)11-3-2-10-4-5-15(7-14(15)16)12(10)6-11/h2-3,6,8-9,14H,4-5,7,16H2,1H3. The molecule has 1 aliphatic heterocycles. The molecule has 0 aromatic heterocycles. The molecule has 1 fully saturated rings. The van der Waals surface area contributed by atoms with Crippen LogP contribution in [0, 0.1) is 0 Å². The Bertz CT molecular complexity index is 587. The molecule has 1 heterocycles. The first-order valence-corrected chi connectivity index (χ1v) is 6.69. The molecule has 1 aromatic carbocycles. The van der Waals surface area contributed by atoms with Gasteiger partial charge < -0.3 is 5.73 Å². The molecule has 0 amide bonds. The highest BCUT2D eigenvalue weighted by atomic mass is 15.0. The van der Waals surface area contributed by atoms with Crippen LogP contribution in [-0.4, -0.2) is 24.1 Å². The first-order valence-electron chi connectivity index (χ1n) is 6.69. The fourth-order valence-corrected chi connectivity index (χ4v) is 3.44. The molecule has 1 spiro atoms. The molecule has 0 saturated heterocycles. The van der Waals surface area contributed by atoms with Gasteiger partial charge in [0.15, 0.2) is 0 Å². The maximum absolute atomic E-state index is 6.15. The molecule has 0 radical (unpaired) electrons. The highest BCUT2D eigenvalue weighted by molar-refractivity contribution is 6.39. The van der Waals surface area contributed by atoms with Gasteiger partial charge in [0.1, 0.15) is 6.17 Å². The Morgan fingerprint density at radius 2 is 2.22 bits per heavy atom. The van der Waals surface area contributed by atoms with Crippen molar-refractivity contribution >= 4 is 11.9 Å². The fourth-order valence-electron chi connectivity index (χ4n) is 3.44. The minimum Gasteiger partial charge on any atom is -0.327 e. The van der Waals surface area contributed by atoms with Gasteiger partial charge in [0.25, 0.3) is 0 Å². The lowest BCUT2D eigenvalue weighted by atomic mass is 9.94. The van der Waals surface area contributed by atoms with E-state index in [1.54, 1.807) is 0 Å². The summed E-state index contributed by atoms with van der Waals surface area (Å²) in [6.07, 6.45) is 5.52. The highest BCUT2D eigenvalue weighted by Crippen LogP contribution is 2.55. The summed E-state index contributed by atoms with van der Waals surface area (Å²) in [6, 6.07) is 7.10. The zero-order valence-corrected chi connectivity index (χ0v) is 10.6. The normalized spacial score (nSPS) is 36.0. The van der Waals surface area contributed by atoms with Gasteiger partial charge in [-0.25, -0.2) is 0 Å². The van der Waals surface area contributed by atoms with Gasteiger partial charge in [-0.15, -0.1) is 0 Å². The largest absolute Gasteiger partial charge is 0.327 e. The van der Waals surface area contributed by atoms with E-state index in [0.717, 1.165) is 12.1 Å². The third-order valence-corrected chi connectivity index (χ3v) is 4.65. The second-order valence-corrected chi connectivity index (χ2v) is 5.76. The average Bonchev–Trinajstić information content (AvgIpc) is 2.74. The van der Waals surface area contributed by atoms with Gasteiger partial charge >= 0.3 is 0 Å². The van der Waals surface area contributed by atoms with Crippen LogP contribution in [0.4, 0.5) is 0 Å². The van der Waals surface area contributed by atoms with Gasteiger partial charge in [-0.1, -0.05) is 12.1 Å². The second kappa shape index (κ2) is 3.29. The summed E-state index contributed by atoms with van der Waals surface area (Å²) in [5.41, 5.74) is 11.6. The molecule has 3 unspecified atom stereocenters. The van der Waals surface area contributed by atoms with Gasteiger partial charge in [-0.3, -0.25) is 9.98 Å². The van der Waals surface area contributed by atoms with Crippen molar-refractivity contribution in [1.82, 2.24) is 0 Å². The van der Waals surface area contributed by atoms with Crippen molar-refractivity contribution in [3.8, 4) is 0 Å². The van der Waals surface area contributed by atoms with Gasteiger partial charge in [0.2, 0.25) is 0 Å². The Labute approximate surface area is 107 Å². The van der Waals surface area contributed by atoms with E-state index in [1.165, 1.54) is 29.5 Å². The molecule has 4 rings (SSSR count). The van der Waals surface area contributed by atoms with Crippen molar-refractivity contribution in [2.45, 2.75) is 43.8 Å². The SMILES string of the molecule is CC1N=CC(c2ccc3c(c2)C2(CC3)CC2N)=N1. The predicted molar refractivity (Wildman–Crippen MR) is 73.5 cm³/mol. The van der Waals surface area contributed by atoms with Crippen LogP contribution < -0.4 is 5.73 Å². The summed E-state index contributed by atoms with van der Waals surface area (Å²) in [7, 11) is 0. The fraction of sp³-hybridized carbons (Fsp3) is 0.467. The molecule has 3 aliphatic rings. The number of hydrogen-bond donors (Lipinski definition) is 1. The number of benzene rings is 1. The Morgan fingerprint density at radius 1 is 1.39 bits per heavy atom. The first kappa shape index (κ1) is 10.4. The summed E-state index contributed by atoms with van der Waals surface area (Å²) < 4.78 is 0. The van der Waals surface area contributed by atoms with Crippen LogP contribution in [0.25, 0.3) is 0 Å². The number of nitrogens with zero attached hydrogens (tertiary/aromatic N) is 2. The van der Waals surface area contributed by atoms with E-state index >= 15 is 0 Å². The third-order valence-electron chi connectivity index (χ3n) is 4.65. The first-order chi connectivity index (χ1) is 8.69. The number of rotatable bonds is 1. The van der Waals surface area contributed by atoms with Gasteiger partial charge in [0.05, 0.1) is 5.71 Å². The number of hydrogen-bond acceptors (Lipinski definition) is 3. The van der Waals surface area contributed by atoms with Crippen LogP contribution in [0.15, 0.2) is 28.2 Å². The summed E-state index contributed by atoms with van der Waals surface area (Å²) in [5, 5.41) is 0. The molecule has 18 heavy (non-hydrogen) atoms. The maximum Gasteiger partial charge on any atom is 0.137 e. The summed E-state index contributed by atoms with van der Waals surface area (Å²) >= 11 is 0. The molecular weight excluding hydrogens is 222 g/mol. The molecule has 3 heteroatoms. The van der Waals surface area contributed by atoms with Crippen molar-refractivity contribution in [3.05, 3.63) is 34.9 Å². The van der Waals surface area contributed by atoms with Crippen molar-refractivity contribution in [2.75, 3.05) is 0 Å². The van der Waals surface area contributed by atoms with E-state index in [1.807, 2.05) is 13.1 Å². The number of aliphatic imine (C=N–C) groups is 2. The lowest BCUT2D eigenvalue weighted by molar-refractivity contribution is 0.651. The molecule has 3 atom stereocenters. The van der Waals surface area contributed by atoms with Crippen LogP contribution in [0.2, 0.25) is 0 Å². The van der Waals surface area contributed by atoms with Crippen LogP contribution in [0.1, 0.15) is 36.5 Å². The third kappa shape index (κ3) is 1.28. The van der Waals surface area contributed by atoms with E-state index in [9.17, 15) is 0 Å². The quantitative estimate of drug-likeness (QED) is 0.798. The van der Waals surface area contributed by atoms with E-state index in [4.69, 9.17) is 5.73 Å². The van der Waals surface area contributed by atoms with Crippen LogP contribution in [0.3, 0.4) is 0 Å². The minimum absolute atomic E-state index is 0.0744. The highest BCUT2D eigenvalue weighted by Gasteiger charge is 2.56. The summed E-state index contributed by atoms with van der Waals surface area (Å²) in [4.78, 5) is 8.84. The van der Waals surface area contributed by atoms with E-state index in [0.29, 0.717) is 11.5 Å². The lowest BCUT2D eigenvalue weighted by Crippen LogP contribution is -2.15. The van der Waals surface area contributed by atoms with Crippen molar-refractivity contribution < 1.29 is 0 Å². The Kier molecular flexibility index (Phi) is 1.91. The number of aryl methyl sites for hydroxylation is 1. The topological polar surface area (TPSA) is 50.7 Å². The Hall–Kier alpha value is -1.48. The molecule has 1 aromatic rings. The lowest BCUT2D eigenvalue weighted by Gasteiger charge is -2.11. The predicted octanol–water partition coefficient (Wildman–Crippen LogP) is 1.82. The number of nitrogens with two attached hydrogens (primary N) is 1. The van der Waals surface area contributed by atoms with E-state index < -0.39 is 0 Å². The van der Waals surface area contributed by atoms with Gasteiger partial charge in [0, 0.05) is 23.2 Å². The van der Waals surface area contributed by atoms with Crippen LogP contribution in [0.5, 0.6) is 0 Å². The smallest absolute Gasteiger partial charge is 0.137 e. The average molecular weight is 239 g/mol. The second-order valence-electron chi connectivity index (χ2n) is 5.76. The van der Waals surface area contributed by atoms with Gasteiger partial charge in [-0.2, -0.15) is 0 Å². The van der Waals surface area contributed by atoms with Crippen molar-refractivity contribution in [3.63, 3.8) is 0 Å². The zero-order valence-electron chi connectivity index (χ0n) is 10.6. The molecule has 2 N–H and O–H groups in total. The molecule has 2 aliphatic carbocycles. The maximum atomic E-state index is 6.15. The molecular formula is C15H17N3. The molecule has 1 saturated carbocycles. The van der Waals surface area contributed by atoms with E-state index in [-0.39, 0.29) is 6.17 Å². The number of fused-ring (bicyclic) bond motifs is 2. The molecule has 3 nitrogen and oxygen atoms in total. The van der Waals surface area contributed by atoms with Crippen LogP contribution >= 0.6 is 0 Å². The molecule has 0 bridgehead atoms. The molecule has 92 valence electrons. The summed E-state index contributed by atoms with van der Waals surface area (Å²) in [6.45, 7) is 2.01.